The van der Waals surface area contributed by atoms with Crippen molar-refractivity contribution in [2.75, 3.05) is 19.8 Å². The number of nitrogens with zero attached hydrogens (tertiary/aromatic N) is 2. The summed E-state index contributed by atoms with van der Waals surface area (Å²) in [5.74, 6) is 0.704. The highest BCUT2D eigenvalue weighted by Gasteiger charge is 2.50. The summed E-state index contributed by atoms with van der Waals surface area (Å²) in [4.78, 5) is 16.9. The second-order valence-electron chi connectivity index (χ2n) is 7.86. The molecule has 1 amide bonds. The predicted molar refractivity (Wildman–Crippen MR) is 93.6 cm³/mol. The number of carbonyl (C=O) groups excluding carboxylic acids is 1. The molecule has 4 nitrogen and oxygen atoms in total. The lowest BCUT2D eigenvalue weighted by molar-refractivity contribution is -0.163. The molecule has 1 aromatic carbocycles. The van der Waals surface area contributed by atoms with Gasteiger partial charge in [0, 0.05) is 18.6 Å². The Hall–Kier alpha value is -1.39. The number of amides is 1. The summed E-state index contributed by atoms with van der Waals surface area (Å²) in [7, 11) is 0. The third kappa shape index (κ3) is 2.66. The molecule has 2 saturated heterocycles. The molecule has 130 valence electrons. The van der Waals surface area contributed by atoms with Crippen molar-refractivity contribution in [3.63, 3.8) is 0 Å². The number of morpholine rings is 1. The Morgan fingerprint density at radius 1 is 1.25 bits per heavy atom. The van der Waals surface area contributed by atoms with Gasteiger partial charge in [-0.1, -0.05) is 30.2 Å². The molecule has 24 heavy (non-hydrogen) atoms. The fourth-order valence-corrected chi connectivity index (χ4v) is 4.56. The summed E-state index contributed by atoms with van der Waals surface area (Å²) in [5.41, 5.74) is 3.85. The van der Waals surface area contributed by atoms with Gasteiger partial charge in [0.2, 0.25) is 5.91 Å². The summed E-state index contributed by atoms with van der Waals surface area (Å²) in [6, 6.07) is 7.45. The fourth-order valence-electron chi connectivity index (χ4n) is 4.56. The Morgan fingerprint density at radius 3 is 2.92 bits per heavy atom. The molecule has 3 fully saturated rings. The van der Waals surface area contributed by atoms with Gasteiger partial charge in [0.25, 0.3) is 0 Å². The molecule has 0 aromatic heterocycles. The highest BCUT2D eigenvalue weighted by molar-refractivity contribution is 5.86. The number of hydrogen-bond donors (Lipinski definition) is 0. The van der Waals surface area contributed by atoms with Crippen LogP contribution in [0.15, 0.2) is 18.2 Å². The van der Waals surface area contributed by atoms with Crippen LogP contribution in [0.5, 0.6) is 0 Å². The van der Waals surface area contributed by atoms with E-state index in [2.05, 4.69) is 48.8 Å². The largest absolute Gasteiger partial charge is 0.371 e. The average Bonchev–Trinajstić information content (AvgIpc) is 3.01. The summed E-state index contributed by atoms with van der Waals surface area (Å²) in [6.07, 6.45) is 3.61. The number of likely N-dealkylation sites (tertiary alicyclic amines) is 1. The summed E-state index contributed by atoms with van der Waals surface area (Å²) in [6.45, 7) is 8.86. The van der Waals surface area contributed by atoms with Gasteiger partial charge in [0.15, 0.2) is 0 Å². The van der Waals surface area contributed by atoms with Crippen molar-refractivity contribution in [3.8, 4) is 0 Å². The van der Waals surface area contributed by atoms with Gasteiger partial charge in [-0.25, -0.2) is 0 Å². The van der Waals surface area contributed by atoms with Crippen LogP contribution in [0.25, 0.3) is 0 Å². The third-order valence-corrected chi connectivity index (χ3v) is 6.16. The number of benzene rings is 1. The fraction of sp³-hybridized carbons (Fsp3) is 0.650. The first-order chi connectivity index (χ1) is 11.5. The van der Waals surface area contributed by atoms with Gasteiger partial charge in [0.1, 0.15) is 0 Å². The van der Waals surface area contributed by atoms with E-state index in [0.717, 1.165) is 26.2 Å². The van der Waals surface area contributed by atoms with Crippen LogP contribution in [0.1, 0.15) is 49.0 Å². The van der Waals surface area contributed by atoms with Crippen LogP contribution in [0.3, 0.4) is 0 Å². The number of hydrogen-bond acceptors (Lipinski definition) is 3. The number of fused-ring (bicyclic) bond motifs is 1. The molecular formula is C20H28N2O2. The zero-order chi connectivity index (χ0) is 16.8. The SMILES string of the molecule is Cc1ccc(C)c([C@@H]2CN(CN3C(=O)[C@@H]4CCC[C@H]43)[C@H](C)CO2)c1. The molecule has 2 heterocycles. The number of carbonyl (C=O) groups is 1. The van der Waals surface area contributed by atoms with E-state index in [9.17, 15) is 4.79 Å². The summed E-state index contributed by atoms with van der Waals surface area (Å²) in [5, 5.41) is 0. The normalized spacial score (nSPS) is 33.5. The van der Waals surface area contributed by atoms with Gasteiger partial charge < -0.3 is 9.64 Å². The maximum Gasteiger partial charge on any atom is 0.229 e. The lowest BCUT2D eigenvalue weighted by Gasteiger charge is -2.49. The molecule has 0 bridgehead atoms. The Bertz CT molecular complexity index is 645. The van der Waals surface area contributed by atoms with Gasteiger partial charge in [0.05, 0.1) is 25.3 Å². The van der Waals surface area contributed by atoms with E-state index < -0.39 is 0 Å². The predicted octanol–water partition coefficient (Wildman–Crippen LogP) is 3.03. The van der Waals surface area contributed by atoms with E-state index in [0.29, 0.717) is 23.9 Å². The van der Waals surface area contributed by atoms with Crippen molar-refractivity contribution in [2.24, 2.45) is 5.92 Å². The monoisotopic (exact) mass is 328 g/mol. The molecule has 4 atom stereocenters. The average molecular weight is 328 g/mol. The minimum absolute atomic E-state index is 0.108. The van der Waals surface area contributed by atoms with Gasteiger partial charge >= 0.3 is 0 Å². The second kappa shape index (κ2) is 6.16. The first-order valence-electron chi connectivity index (χ1n) is 9.28. The van der Waals surface area contributed by atoms with Crippen molar-refractivity contribution >= 4 is 5.91 Å². The Morgan fingerprint density at radius 2 is 2.08 bits per heavy atom. The smallest absolute Gasteiger partial charge is 0.229 e. The molecule has 1 aliphatic carbocycles. The van der Waals surface area contributed by atoms with Crippen LogP contribution in [0.2, 0.25) is 0 Å². The third-order valence-electron chi connectivity index (χ3n) is 6.16. The molecule has 0 spiro atoms. The summed E-state index contributed by atoms with van der Waals surface area (Å²) < 4.78 is 6.14. The minimum atomic E-state index is 0.108. The molecule has 3 aliphatic rings. The maximum atomic E-state index is 12.3. The van der Waals surface area contributed by atoms with Crippen molar-refractivity contribution in [2.45, 2.75) is 58.2 Å². The number of ether oxygens (including phenoxy) is 1. The van der Waals surface area contributed by atoms with E-state index in [4.69, 9.17) is 4.74 Å². The molecule has 4 rings (SSSR count). The Kier molecular flexibility index (Phi) is 4.13. The van der Waals surface area contributed by atoms with Crippen molar-refractivity contribution in [3.05, 3.63) is 34.9 Å². The van der Waals surface area contributed by atoms with E-state index >= 15 is 0 Å². The topological polar surface area (TPSA) is 32.8 Å². The highest BCUT2D eigenvalue weighted by atomic mass is 16.5. The van der Waals surface area contributed by atoms with Crippen LogP contribution in [0.4, 0.5) is 0 Å². The van der Waals surface area contributed by atoms with Gasteiger partial charge in [-0.05, 0) is 44.7 Å². The molecule has 1 aromatic rings. The zero-order valence-corrected chi connectivity index (χ0v) is 15.0. The zero-order valence-electron chi connectivity index (χ0n) is 15.0. The van der Waals surface area contributed by atoms with Crippen LogP contribution in [-0.2, 0) is 9.53 Å². The van der Waals surface area contributed by atoms with Gasteiger partial charge in [-0.2, -0.15) is 0 Å². The van der Waals surface area contributed by atoms with E-state index in [-0.39, 0.29) is 6.10 Å². The van der Waals surface area contributed by atoms with Crippen molar-refractivity contribution in [1.82, 2.24) is 9.80 Å². The summed E-state index contributed by atoms with van der Waals surface area (Å²) >= 11 is 0. The first-order valence-corrected chi connectivity index (χ1v) is 9.28. The van der Waals surface area contributed by atoms with Crippen LogP contribution >= 0.6 is 0 Å². The van der Waals surface area contributed by atoms with Gasteiger partial charge in [-0.15, -0.1) is 0 Å². The molecule has 1 saturated carbocycles. The lowest BCUT2D eigenvalue weighted by Crippen LogP contribution is -2.63. The molecule has 4 heteroatoms. The van der Waals surface area contributed by atoms with Crippen LogP contribution < -0.4 is 0 Å². The minimum Gasteiger partial charge on any atom is -0.371 e. The van der Waals surface area contributed by atoms with E-state index in [1.807, 2.05) is 0 Å². The highest BCUT2D eigenvalue weighted by Crippen LogP contribution is 2.40. The van der Waals surface area contributed by atoms with Crippen LogP contribution in [0, 0.1) is 19.8 Å². The number of β-lactam (4-membered cyclic amide) rings is 1. The molecule has 2 aliphatic heterocycles. The Balaban J connectivity index is 1.47. The maximum absolute atomic E-state index is 12.3. The molecule has 0 unspecified atom stereocenters. The quantitative estimate of drug-likeness (QED) is 0.800. The van der Waals surface area contributed by atoms with E-state index in [1.54, 1.807) is 0 Å². The van der Waals surface area contributed by atoms with Crippen LogP contribution in [-0.4, -0.2) is 47.6 Å². The standard InChI is InChI=1S/C20H28N2O2/c1-13-7-8-14(2)17(9-13)19-10-21(15(3)11-24-19)12-22-18-6-4-5-16(18)20(22)23/h7-9,15-16,18-19H,4-6,10-12H2,1-3H3/t15-,16-,18-,19+/m1/s1. The van der Waals surface area contributed by atoms with Gasteiger partial charge in [-0.3, -0.25) is 9.69 Å². The molecule has 0 radical (unpaired) electrons. The van der Waals surface area contributed by atoms with E-state index in [1.165, 1.54) is 29.5 Å². The molecular weight excluding hydrogens is 300 g/mol. The Labute approximate surface area is 144 Å². The number of aryl methyl sites for hydroxylation is 2. The second-order valence-corrected chi connectivity index (χ2v) is 7.86. The van der Waals surface area contributed by atoms with Crippen molar-refractivity contribution in [1.29, 1.82) is 0 Å². The lowest BCUT2D eigenvalue weighted by atomic mass is 9.91. The molecule has 0 N–H and O–H groups in total. The number of rotatable bonds is 3. The first kappa shape index (κ1) is 16.1. The van der Waals surface area contributed by atoms with Crippen molar-refractivity contribution < 1.29 is 9.53 Å².